The molecule has 2 rings (SSSR count). The number of hydrogen-bond acceptors (Lipinski definition) is 2. The third-order valence-electron chi connectivity index (χ3n) is 3.35. The quantitative estimate of drug-likeness (QED) is 0.743. The number of allylic oxidation sites excluding steroid dienone is 1. The monoisotopic (exact) mass is 229 g/mol. The number of hydrogen-bond donors (Lipinski definition) is 0. The molecule has 0 atom stereocenters. The number of nitrogens with zero attached hydrogens (tertiary/aromatic N) is 1. The van der Waals surface area contributed by atoms with Gasteiger partial charge in [0.15, 0.2) is 0 Å². The summed E-state index contributed by atoms with van der Waals surface area (Å²) in [5.41, 5.74) is 0. The van der Waals surface area contributed by atoms with E-state index >= 15 is 0 Å². The fraction of sp³-hybridized carbons (Fsp3) is 0.818. The second-order valence-electron chi connectivity index (χ2n) is 4.52. The maximum Gasteiger partial charge on any atom is 0.235 e. The van der Waals surface area contributed by atoms with Crippen LogP contribution in [0.4, 0.5) is 0 Å². The van der Waals surface area contributed by atoms with Crippen molar-refractivity contribution in [1.82, 2.24) is 4.31 Å². The Labute approximate surface area is 92.2 Å². The van der Waals surface area contributed by atoms with Crippen molar-refractivity contribution in [1.29, 1.82) is 0 Å². The highest BCUT2D eigenvalue weighted by Gasteiger charge is 2.22. The third-order valence-corrected chi connectivity index (χ3v) is 4.93. The average Bonchev–Trinajstić information content (AvgIpc) is 2.16. The summed E-state index contributed by atoms with van der Waals surface area (Å²) < 4.78 is 25.4. The van der Waals surface area contributed by atoms with Crippen LogP contribution >= 0.6 is 0 Å². The second-order valence-corrected chi connectivity index (χ2v) is 6.34. The molecule has 1 aliphatic carbocycles. The van der Waals surface area contributed by atoms with Gasteiger partial charge < -0.3 is 0 Å². The molecule has 0 aromatic carbocycles. The van der Waals surface area contributed by atoms with E-state index in [9.17, 15) is 8.42 Å². The number of piperidine rings is 1. The fourth-order valence-corrected chi connectivity index (χ4v) is 3.41. The first kappa shape index (κ1) is 11.1. The molecule has 0 unspecified atom stereocenters. The molecule has 2 aliphatic rings. The van der Waals surface area contributed by atoms with Crippen LogP contribution in [0.3, 0.4) is 0 Å². The Morgan fingerprint density at radius 2 is 1.67 bits per heavy atom. The van der Waals surface area contributed by atoms with Gasteiger partial charge in [-0.25, -0.2) is 8.42 Å². The van der Waals surface area contributed by atoms with E-state index in [-0.39, 0.29) is 0 Å². The summed E-state index contributed by atoms with van der Waals surface area (Å²) in [5, 5.41) is 1.43. The molecule has 4 heteroatoms. The number of rotatable bonds is 3. The van der Waals surface area contributed by atoms with Crippen LogP contribution in [-0.4, -0.2) is 25.8 Å². The standard InChI is InChI=1S/C11H19NO2S/c13-15(14,10-7-11-5-4-6-11)12-8-2-1-3-9-12/h7,10-11H,1-6,8-9H2/b10-7-. The van der Waals surface area contributed by atoms with E-state index < -0.39 is 10.0 Å². The minimum absolute atomic E-state index is 0.518. The fourth-order valence-electron chi connectivity index (χ4n) is 2.05. The lowest BCUT2D eigenvalue weighted by molar-refractivity contribution is 0.350. The molecule has 15 heavy (non-hydrogen) atoms. The van der Waals surface area contributed by atoms with Crippen molar-refractivity contribution in [3.05, 3.63) is 11.5 Å². The van der Waals surface area contributed by atoms with E-state index in [1.54, 1.807) is 4.31 Å². The maximum atomic E-state index is 11.9. The highest BCUT2D eigenvalue weighted by Crippen LogP contribution is 2.28. The van der Waals surface area contributed by atoms with E-state index in [0.29, 0.717) is 19.0 Å². The molecule has 1 saturated carbocycles. The molecule has 3 nitrogen and oxygen atoms in total. The van der Waals surface area contributed by atoms with Crippen LogP contribution in [-0.2, 0) is 10.0 Å². The van der Waals surface area contributed by atoms with Gasteiger partial charge in [0.1, 0.15) is 0 Å². The summed E-state index contributed by atoms with van der Waals surface area (Å²) in [6.45, 7) is 1.41. The van der Waals surface area contributed by atoms with E-state index in [1.165, 1.54) is 18.2 Å². The summed E-state index contributed by atoms with van der Waals surface area (Å²) in [6.07, 6.45) is 8.63. The number of sulfonamides is 1. The van der Waals surface area contributed by atoms with Crippen molar-refractivity contribution in [3.63, 3.8) is 0 Å². The highest BCUT2D eigenvalue weighted by molar-refractivity contribution is 7.92. The predicted octanol–water partition coefficient (Wildman–Crippen LogP) is 2.12. The van der Waals surface area contributed by atoms with Gasteiger partial charge in [0, 0.05) is 18.5 Å². The van der Waals surface area contributed by atoms with Crippen molar-refractivity contribution in [2.24, 2.45) is 5.92 Å². The van der Waals surface area contributed by atoms with Crippen molar-refractivity contribution in [3.8, 4) is 0 Å². The SMILES string of the molecule is O=S(=O)(/C=C\C1CCC1)N1CCCCC1. The summed E-state index contributed by atoms with van der Waals surface area (Å²) in [7, 11) is -3.10. The third kappa shape index (κ3) is 2.82. The highest BCUT2D eigenvalue weighted by atomic mass is 32.2. The lowest BCUT2D eigenvalue weighted by Crippen LogP contribution is -2.34. The van der Waals surface area contributed by atoms with Crippen LogP contribution in [0.5, 0.6) is 0 Å². The lowest BCUT2D eigenvalue weighted by Gasteiger charge is -2.25. The average molecular weight is 229 g/mol. The largest absolute Gasteiger partial charge is 0.235 e. The van der Waals surface area contributed by atoms with Crippen LogP contribution in [0.15, 0.2) is 11.5 Å². The van der Waals surface area contributed by atoms with E-state index in [0.717, 1.165) is 25.7 Å². The van der Waals surface area contributed by atoms with Crippen molar-refractivity contribution >= 4 is 10.0 Å². The topological polar surface area (TPSA) is 37.4 Å². The first-order valence-electron chi connectivity index (χ1n) is 5.87. The van der Waals surface area contributed by atoms with Crippen molar-refractivity contribution in [2.75, 3.05) is 13.1 Å². The molecule has 1 saturated heterocycles. The van der Waals surface area contributed by atoms with Gasteiger partial charge >= 0.3 is 0 Å². The molecule has 0 bridgehead atoms. The summed E-state index contributed by atoms with van der Waals surface area (Å²) in [6, 6.07) is 0. The minimum Gasteiger partial charge on any atom is -0.208 e. The van der Waals surface area contributed by atoms with Gasteiger partial charge in [-0.05, 0) is 31.6 Å². The summed E-state index contributed by atoms with van der Waals surface area (Å²) in [4.78, 5) is 0. The molecule has 1 aliphatic heterocycles. The van der Waals surface area contributed by atoms with Gasteiger partial charge in [0.25, 0.3) is 0 Å². The molecule has 86 valence electrons. The zero-order chi connectivity index (χ0) is 10.7. The Morgan fingerprint density at radius 1 is 1.00 bits per heavy atom. The van der Waals surface area contributed by atoms with Crippen LogP contribution in [0, 0.1) is 5.92 Å². The van der Waals surface area contributed by atoms with Crippen molar-refractivity contribution < 1.29 is 8.42 Å². The van der Waals surface area contributed by atoms with Gasteiger partial charge in [0.05, 0.1) is 0 Å². The molecule has 1 heterocycles. The Balaban J connectivity index is 1.95. The van der Waals surface area contributed by atoms with Gasteiger partial charge in [-0.1, -0.05) is 18.9 Å². The molecular formula is C11H19NO2S. The van der Waals surface area contributed by atoms with E-state index in [1.807, 2.05) is 6.08 Å². The summed E-state index contributed by atoms with van der Waals surface area (Å²) in [5.74, 6) is 0.518. The van der Waals surface area contributed by atoms with Gasteiger partial charge in [-0.3, -0.25) is 0 Å². The molecule has 0 aromatic rings. The van der Waals surface area contributed by atoms with Crippen LogP contribution in [0.1, 0.15) is 38.5 Å². The second kappa shape index (κ2) is 4.66. The molecule has 0 spiro atoms. The van der Waals surface area contributed by atoms with Crippen LogP contribution in [0.2, 0.25) is 0 Å². The lowest BCUT2D eigenvalue weighted by atomic mass is 9.86. The van der Waals surface area contributed by atoms with E-state index in [2.05, 4.69) is 0 Å². The van der Waals surface area contributed by atoms with Crippen LogP contribution < -0.4 is 0 Å². The molecule has 0 N–H and O–H groups in total. The van der Waals surface area contributed by atoms with Crippen molar-refractivity contribution in [2.45, 2.75) is 38.5 Å². The Morgan fingerprint density at radius 3 is 2.20 bits per heavy atom. The predicted molar refractivity (Wildman–Crippen MR) is 60.8 cm³/mol. The molecule has 2 fully saturated rings. The first-order valence-corrected chi connectivity index (χ1v) is 7.37. The zero-order valence-electron chi connectivity index (χ0n) is 9.06. The van der Waals surface area contributed by atoms with Gasteiger partial charge in [-0.15, -0.1) is 0 Å². The Bertz CT molecular complexity index is 324. The zero-order valence-corrected chi connectivity index (χ0v) is 9.88. The van der Waals surface area contributed by atoms with E-state index in [4.69, 9.17) is 0 Å². The van der Waals surface area contributed by atoms with Gasteiger partial charge in [-0.2, -0.15) is 4.31 Å². The molecule has 0 amide bonds. The minimum atomic E-state index is -3.10. The molecule has 0 radical (unpaired) electrons. The maximum absolute atomic E-state index is 11.9. The summed E-state index contributed by atoms with van der Waals surface area (Å²) >= 11 is 0. The first-order chi connectivity index (χ1) is 7.18. The molecule has 0 aromatic heterocycles. The molecular weight excluding hydrogens is 210 g/mol. The Kier molecular flexibility index (Phi) is 3.46. The Hall–Kier alpha value is -0.350. The van der Waals surface area contributed by atoms with Gasteiger partial charge in [0.2, 0.25) is 10.0 Å². The normalized spacial score (nSPS) is 25.6. The van der Waals surface area contributed by atoms with Crippen LogP contribution in [0.25, 0.3) is 0 Å². The smallest absolute Gasteiger partial charge is 0.208 e.